The number of rotatable bonds is 6. The van der Waals surface area contributed by atoms with Crippen molar-refractivity contribution < 1.29 is 4.74 Å². The van der Waals surface area contributed by atoms with E-state index in [1.165, 1.54) is 5.56 Å². The van der Waals surface area contributed by atoms with Crippen LogP contribution in [0.3, 0.4) is 0 Å². The van der Waals surface area contributed by atoms with Gasteiger partial charge in [0.25, 0.3) is 0 Å². The molecule has 0 bridgehead atoms. The van der Waals surface area contributed by atoms with Crippen LogP contribution < -0.4 is 10.1 Å². The van der Waals surface area contributed by atoms with Crippen molar-refractivity contribution >= 4 is 5.82 Å². The molecule has 4 nitrogen and oxygen atoms in total. The first-order chi connectivity index (χ1) is 9.54. The third-order valence-corrected chi connectivity index (χ3v) is 3.04. The summed E-state index contributed by atoms with van der Waals surface area (Å²) < 4.78 is 7.48. The minimum Gasteiger partial charge on any atom is -0.493 e. The zero-order valence-electron chi connectivity index (χ0n) is 12.6. The van der Waals surface area contributed by atoms with E-state index in [1.807, 2.05) is 31.4 Å². The van der Waals surface area contributed by atoms with Crippen LogP contribution in [-0.2, 0) is 7.05 Å². The molecular formula is C16H23N3O. The molecule has 0 fully saturated rings. The van der Waals surface area contributed by atoms with Crippen LogP contribution in [0.4, 0.5) is 5.82 Å². The molecule has 1 aromatic heterocycles. The number of anilines is 1. The second-order valence-electron chi connectivity index (χ2n) is 5.51. The van der Waals surface area contributed by atoms with Crippen molar-refractivity contribution in [1.82, 2.24) is 9.78 Å². The zero-order valence-corrected chi connectivity index (χ0v) is 12.6. The van der Waals surface area contributed by atoms with E-state index in [9.17, 15) is 0 Å². The Morgan fingerprint density at radius 1 is 1.15 bits per heavy atom. The molecule has 20 heavy (non-hydrogen) atoms. The van der Waals surface area contributed by atoms with Crippen LogP contribution >= 0.6 is 0 Å². The molecule has 1 N–H and O–H groups in total. The van der Waals surface area contributed by atoms with Crippen LogP contribution in [0.25, 0.3) is 0 Å². The Bertz CT molecular complexity index is 531. The molecule has 0 saturated heterocycles. The van der Waals surface area contributed by atoms with Gasteiger partial charge in [-0.15, -0.1) is 0 Å². The number of hydrogen-bond acceptors (Lipinski definition) is 3. The fraction of sp³-hybridized carbons (Fsp3) is 0.438. The van der Waals surface area contributed by atoms with Gasteiger partial charge < -0.3 is 10.1 Å². The van der Waals surface area contributed by atoms with Crippen LogP contribution in [0.1, 0.15) is 32.4 Å². The fourth-order valence-corrected chi connectivity index (χ4v) is 1.91. The summed E-state index contributed by atoms with van der Waals surface area (Å²) in [6.07, 6.45) is 1.93. The van der Waals surface area contributed by atoms with Gasteiger partial charge in [-0.05, 0) is 30.5 Å². The van der Waals surface area contributed by atoms with E-state index in [4.69, 9.17) is 4.74 Å². The molecule has 4 heteroatoms. The highest BCUT2D eigenvalue weighted by molar-refractivity contribution is 5.38. The highest BCUT2D eigenvalue weighted by atomic mass is 16.5. The second kappa shape index (κ2) is 6.46. The molecule has 0 aliphatic rings. The summed E-state index contributed by atoms with van der Waals surface area (Å²) in [4.78, 5) is 0. The van der Waals surface area contributed by atoms with Gasteiger partial charge in [0, 0.05) is 19.3 Å². The number of nitrogens with zero attached hydrogens (tertiary/aromatic N) is 2. The van der Waals surface area contributed by atoms with Crippen molar-refractivity contribution in [2.45, 2.75) is 26.8 Å². The van der Waals surface area contributed by atoms with E-state index in [0.29, 0.717) is 5.92 Å². The van der Waals surface area contributed by atoms with Crippen molar-refractivity contribution in [2.24, 2.45) is 13.0 Å². The van der Waals surface area contributed by atoms with Gasteiger partial charge in [-0.3, -0.25) is 4.68 Å². The quantitative estimate of drug-likeness (QED) is 0.873. The van der Waals surface area contributed by atoms with Crippen LogP contribution in [0.15, 0.2) is 36.5 Å². The largest absolute Gasteiger partial charge is 0.493 e. The Labute approximate surface area is 120 Å². The normalized spacial score (nSPS) is 12.4. The van der Waals surface area contributed by atoms with Crippen LogP contribution in [-0.4, -0.2) is 16.4 Å². The minimum absolute atomic E-state index is 0.212. The summed E-state index contributed by atoms with van der Waals surface area (Å²) in [7, 11) is 1.91. The second-order valence-corrected chi connectivity index (χ2v) is 5.51. The molecule has 108 valence electrons. The molecular weight excluding hydrogens is 250 g/mol. The van der Waals surface area contributed by atoms with E-state index in [2.05, 4.69) is 43.3 Å². The van der Waals surface area contributed by atoms with Gasteiger partial charge in [-0.25, -0.2) is 0 Å². The van der Waals surface area contributed by atoms with E-state index in [-0.39, 0.29) is 6.04 Å². The first-order valence-corrected chi connectivity index (χ1v) is 7.03. The highest BCUT2D eigenvalue weighted by Crippen LogP contribution is 2.21. The smallest absolute Gasteiger partial charge is 0.148 e. The Morgan fingerprint density at radius 3 is 2.40 bits per heavy atom. The number of hydrogen-bond donors (Lipinski definition) is 1. The Hall–Kier alpha value is -1.97. The predicted octanol–water partition coefficient (Wildman–Crippen LogP) is 3.63. The van der Waals surface area contributed by atoms with Gasteiger partial charge in [0.05, 0.1) is 12.6 Å². The van der Waals surface area contributed by atoms with E-state index < -0.39 is 0 Å². The van der Waals surface area contributed by atoms with E-state index in [1.54, 1.807) is 4.68 Å². The molecule has 0 spiro atoms. The zero-order chi connectivity index (χ0) is 14.5. The predicted molar refractivity (Wildman–Crippen MR) is 82.0 cm³/mol. The van der Waals surface area contributed by atoms with Crippen LogP contribution in [0.2, 0.25) is 0 Å². The molecule has 2 rings (SSSR count). The molecule has 1 heterocycles. The van der Waals surface area contributed by atoms with Crippen molar-refractivity contribution in [3.63, 3.8) is 0 Å². The maximum atomic E-state index is 5.69. The SMILES string of the molecule is CC(C)COc1ccc(C(C)Nc2ccn(C)n2)cc1. The van der Waals surface area contributed by atoms with Crippen molar-refractivity contribution in [2.75, 3.05) is 11.9 Å². The van der Waals surface area contributed by atoms with E-state index >= 15 is 0 Å². The van der Waals surface area contributed by atoms with Gasteiger partial charge in [0.15, 0.2) is 0 Å². The molecule has 1 atom stereocenters. The number of benzene rings is 1. The summed E-state index contributed by atoms with van der Waals surface area (Å²) in [5, 5.41) is 7.70. The highest BCUT2D eigenvalue weighted by Gasteiger charge is 2.07. The molecule has 1 unspecified atom stereocenters. The monoisotopic (exact) mass is 273 g/mol. The van der Waals surface area contributed by atoms with Gasteiger partial charge in [0.1, 0.15) is 11.6 Å². The summed E-state index contributed by atoms with van der Waals surface area (Å²) in [5.74, 6) is 2.35. The number of nitrogens with one attached hydrogen (secondary N) is 1. The lowest BCUT2D eigenvalue weighted by Crippen LogP contribution is -2.08. The molecule has 2 aromatic rings. The van der Waals surface area contributed by atoms with Gasteiger partial charge in [-0.2, -0.15) is 5.10 Å². The lowest BCUT2D eigenvalue weighted by atomic mass is 10.1. The van der Waals surface area contributed by atoms with Gasteiger partial charge in [0.2, 0.25) is 0 Å². The first-order valence-electron chi connectivity index (χ1n) is 7.03. The fourth-order valence-electron chi connectivity index (χ4n) is 1.91. The third-order valence-electron chi connectivity index (χ3n) is 3.04. The van der Waals surface area contributed by atoms with E-state index in [0.717, 1.165) is 18.2 Å². The summed E-state index contributed by atoms with van der Waals surface area (Å²) in [5.41, 5.74) is 1.22. The van der Waals surface area contributed by atoms with Crippen LogP contribution in [0, 0.1) is 5.92 Å². The molecule has 0 saturated carbocycles. The molecule has 0 amide bonds. The first kappa shape index (κ1) is 14.4. The topological polar surface area (TPSA) is 39.1 Å². The maximum absolute atomic E-state index is 5.69. The number of aromatic nitrogens is 2. The summed E-state index contributed by atoms with van der Waals surface area (Å²) in [6, 6.07) is 10.4. The van der Waals surface area contributed by atoms with Gasteiger partial charge >= 0.3 is 0 Å². The minimum atomic E-state index is 0.212. The lowest BCUT2D eigenvalue weighted by Gasteiger charge is -2.15. The molecule has 1 aromatic carbocycles. The Kier molecular flexibility index (Phi) is 4.66. The molecule has 0 aliphatic heterocycles. The lowest BCUT2D eigenvalue weighted by molar-refractivity contribution is 0.271. The Morgan fingerprint density at radius 2 is 1.85 bits per heavy atom. The van der Waals surface area contributed by atoms with Crippen LogP contribution in [0.5, 0.6) is 5.75 Å². The van der Waals surface area contributed by atoms with Crippen molar-refractivity contribution in [3.05, 3.63) is 42.1 Å². The number of aryl methyl sites for hydroxylation is 1. The number of ether oxygens (including phenoxy) is 1. The average molecular weight is 273 g/mol. The summed E-state index contributed by atoms with van der Waals surface area (Å²) in [6.45, 7) is 7.17. The van der Waals surface area contributed by atoms with Gasteiger partial charge in [-0.1, -0.05) is 26.0 Å². The Balaban J connectivity index is 1.94. The van der Waals surface area contributed by atoms with Crippen molar-refractivity contribution in [1.29, 1.82) is 0 Å². The summed E-state index contributed by atoms with van der Waals surface area (Å²) >= 11 is 0. The molecule has 0 radical (unpaired) electrons. The molecule has 0 aliphatic carbocycles. The average Bonchev–Trinajstić information content (AvgIpc) is 2.82. The maximum Gasteiger partial charge on any atom is 0.148 e. The van der Waals surface area contributed by atoms with Crippen molar-refractivity contribution in [3.8, 4) is 5.75 Å². The standard InChI is InChI=1S/C16H23N3O/c1-12(2)11-20-15-7-5-14(6-8-15)13(3)17-16-9-10-19(4)18-16/h5-10,12-13H,11H2,1-4H3,(H,17,18). The third kappa shape index (κ3) is 4.02.